The first-order valence-corrected chi connectivity index (χ1v) is 10.5. The molecule has 0 fully saturated rings. The molecule has 0 aliphatic heterocycles. The van der Waals surface area contributed by atoms with E-state index in [1.165, 1.54) is 0 Å². The Morgan fingerprint density at radius 2 is 1.47 bits per heavy atom. The Bertz CT molecular complexity index is 910. The summed E-state index contributed by atoms with van der Waals surface area (Å²) in [6.07, 6.45) is -0.601. The Morgan fingerprint density at radius 3 is 2.07 bits per heavy atom. The first-order chi connectivity index (χ1) is 14.6. The fraction of sp³-hybridized carbons (Fsp3) is 0.308. The molecule has 0 unspecified atom stereocenters. The second kappa shape index (κ2) is 10.8. The molecular weight excluding hydrogens is 374 g/mol. The van der Waals surface area contributed by atoms with Gasteiger partial charge in [0.1, 0.15) is 12.7 Å². The van der Waals surface area contributed by atoms with Gasteiger partial charge in [0.05, 0.1) is 6.61 Å². The molecule has 3 aromatic carbocycles. The van der Waals surface area contributed by atoms with Crippen LogP contribution in [0.4, 0.5) is 0 Å². The standard InChI is InChI=1S/C26H31NO3/c1-4-29-26-24(30-18-22(28)17-27-19(2)3)16-15-23(20-11-7-5-8-12-20)25(26)21-13-9-6-10-14-21/h5-16,19,22,27-28H,4,17-18H2,1-3H3/t22-/m1/s1. The lowest BCUT2D eigenvalue weighted by Gasteiger charge is -2.21. The molecule has 0 amide bonds. The smallest absolute Gasteiger partial charge is 0.169 e. The van der Waals surface area contributed by atoms with E-state index in [1.54, 1.807) is 0 Å². The zero-order valence-electron chi connectivity index (χ0n) is 18.0. The second-order valence-corrected chi connectivity index (χ2v) is 7.51. The van der Waals surface area contributed by atoms with Gasteiger partial charge >= 0.3 is 0 Å². The minimum atomic E-state index is -0.601. The highest BCUT2D eigenvalue weighted by atomic mass is 16.5. The van der Waals surface area contributed by atoms with E-state index in [4.69, 9.17) is 9.47 Å². The number of aliphatic hydroxyl groups excluding tert-OH is 1. The van der Waals surface area contributed by atoms with Crippen LogP contribution in [0.15, 0.2) is 72.8 Å². The Kier molecular flexibility index (Phi) is 7.89. The van der Waals surface area contributed by atoms with Crippen molar-refractivity contribution >= 4 is 0 Å². The summed E-state index contributed by atoms with van der Waals surface area (Å²) >= 11 is 0. The lowest BCUT2D eigenvalue weighted by Crippen LogP contribution is -2.35. The first-order valence-electron chi connectivity index (χ1n) is 10.5. The third-order valence-corrected chi connectivity index (χ3v) is 4.75. The number of aliphatic hydroxyl groups is 1. The van der Waals surface area contributed by atoms with E-state index in [0.29, 0.717) is 30.7 Å². The predicted molar refractivity (Wildman–Crippen MR) is 123 cm³/mol. The number of benzene rings is 3. The molecule has 0 aliphatic rings. The molecule has 0 radical (unpaired) electrons. The number of ether oxygens (including phenoxy) is 2. The maximum absolute atomic E-state index is 10.3. The van der Waals surface area contributed by atoms with E-state index in [9.17, 15) is 5.11 Å². The quantitative estimate of drug-likeness (QED) is 0.489. The average Bonchev–Trinajstić information content (AvgIpc) is 2.78. The number of rotatable bonds is 10. The number of hydrogen-bond donors (Lipinski definition) is 2. The third kappa shape index (κ3) is 5.62. The topological polar surface area (TPSA) is 50.7 Å². The van der Waals surface area contributed by atoms with Crippen molar-refractivity contribution in [3.8, 4) is 33.8 Å². The van der Waals surface area contributed by atoms with Crippen molar-refractivity contribution in [1.82, 2.24) is 5.32 Å². The molecular formula is C26H31NO3. The lowest BCUT2D eigenvalue weighted by atomic mass is 9.93. The maximum Gasteiger partial charge on any atom is 0.169 e. The zero-order chi connectivity index (χ0) is 21.3. The minimum absolute atomic E-state index is 0.193. The van der Waals surface area contributed by atoms with Crippen LogP contribution in [0.5, 0.6) is 11.5 Å². The van der Waals surface area contributed by atoms with Crippen LogP contribution in [-0.2, 0) is 0 Å². The number of hydrogen-bond acceptors (Lipinski definition) is 4. The minimum Gasteiger partial charge on any atom is -0.489 e. The SMILES string of the molecule is CCOc1c(OC[C@H](O)CNC(C)C)ccc(-c2ccccc2)c1-c1ccccc1. The van der Waals surface area contributed by atoms with Crippen LogP contribution in [0, 0.1) is 0 Å². The van der Waals surface area contributed by atoms with E-state index in [0.717, 1.165) is 22.3 Å². The van der Waals surface area contributed by atoms with Gasteiger partial charge in [-0.15, -0.1) is 0 Å². The van der Waals surface area contributed by atoms with Gasteiger partial charge in [-0.2, -0.15) is 0 Å². The summed E-state index contributed by atoms with van der Waals surface area (Å²) in [4.78, 5) is 0. The van der Waals surface area contributed by atoms with Gasteiger partial charge in [-0.25, -0.2) is 0 Å². The second-order valence-electron chi connectivity index (χ2n) is 7.51. The summed E-state index contributed by atoms with van der Waals surface area (Å²) in [6, 6.07) is 24.8. The van der Waals surface area contributed by atoms with Gasteiger partial charge in [0, 0.05) is 18.2 Å². The molecule has 4 nitrogen and oxygen atoms in total. The Morgan fingerprint density at radius 1 is 0.833 bits per heavy atom. The van der Waals surface area contributed by atoms with Crippen molar-refractivity contribution in [1.29, 1.82) is 0 Å². The van der Waals surface area contributed by atoms with Crippen molar-refractivity contribution in [2.75, 3.05) is 19.8 Å². The van der Waals surface area contributed by atoms with E-state index in [-0.39, 0.29) is 6.61 Å². The van der Waals surface area contributed by atoms with Crippen LogP contribution in [0.2, 0.25) is 0 Å². The largest absolute Gasteiger partial charge is 0.489 e. The molecule has 0 heterocycles. The van der Waals surface area contributed by atoms with Crippen LogP contribution >= 0.6 is 0 Å². The van der Waals surface area contributed by atoms with Crippen molar-refractivity contribution in [2.45, 2.75) is 32.9 Å². The van der Waals surface area contributed by atoms with Crippen molar-refractivity contribution in [3.63, 3.8) is 0 Å². The Balaban J connectivity index is 2.00. The van der Waals surface area contributed by atoms with Gasteiger partial charge in [-0.05, 0) is 35.7 Å². The average molecular weight is 406 g/mol. The predicted octanol–water partition coefficient (Wildman–Crippen LogP) is 5.16. The molecule has 3 aromatic rings. The fourth-order valence-electron chi connectivity index (χ4n) is 3.33. The molecule has 0 bridgehead atoms. The lowest BCUT2D eigenvalue weighted by molar-refractivity contribution is 0.102. The third-order valence-electron chi connectivity index (χ3n) is 4.75. The van der Waals surface area contributed by atoms with Gasteiger partial charge in [0.15, 0.2) is 11.5 Å². The van der Waals surface area contributed by atoms with Crippen molar-refractivity contribution in [3.05, 3.63) is 72.8 Å². The molecule has 3 rings (SSSR count). The van der Waals surface area contributed by atoms with Gasteiger partial charge < -0.3 is 19.9 Å². The van der Waals surface area contributed by atoms with E-state index in [1.807, 2.05) is 49.4 Å². The van der Waals surface area contributed by atoms with Crippen LogP contribution in [0.3, 0.4) is 0 Å². The molecule has 1 atom stereocenters. The summed E-state index contributed by atoms with van der Waals surface area (Å²) in [5.41, 5.74) is 4.26. The highest BCUT2D eigenvalue weighted by Crippen LogP contribution is 2.45. The van der Waals surface area contributed by atoms with Gasteiger partial charge in [0.2, 0.25) is 0 Å². The van der Waals surface area contributed by atoms with Crippen molar-refractivity contribution in [2.24, 2.45) is 0 Å². The molecule has 30 heavy (non-hydrogen) atoms. The van der Waals surface area contributed by atoms with Crippen LogP contribution in [0.1, 0.15) is 20.8 Å². The van der Waals surface area contributed by atoms with E-state index < -0.39 is 6.10 Å². The first kappa shape index (κ1) is 21.9. The summed E-state index contributed by atoms with van der Waals surface area (Å²) in [7, 11) is 0. The summed E-state index contributed by atoms with van der Waals surface area (Å²) in [6.45, 7) is 7.26. The van der Waals surface area contributed by atoms with Gasteiger partial charge in [-0.3, -0.25) is 0 Å². The highest BCUT2D eigenvalue weighted by Gasteiger charge is 2.19. The molecule has 0 saturated carbocycles. The normalized spacial score (nSPS) is 12.0. The molecule has 0 saturated heterocycles. The monoisotopic (exact) mass is 405 g/mol. The number of nitrogens with one attached hydrogen (secondary N) is 1. The van der Waals surface area contributed by atoms with Crippen LogP contribution in [-0.4, -0.2) is 37.0 Å². The van der Waals surface area contributed by atoms with Gasteiger partial charge in [0.25, 0.3) is 0 Å². The van der Waals surface area contributed by atoms with E-state index in [2.05, 4.69) is 49.5 Å². The molecule has 0 aliphatic carbocycles. The molecule has 158 valence electrons. The van der Waals surface area contributed by atoms with Crippen molar-refractivity contribution < 1.29 is 14.6 Å². The molecule has 4 heteroatoms. The molecule has 2 N–H and O–H groups in total. The Labute approximate surface area is 179 Å². The van der Waals surface area contributed by atoms with Crippen LogP contribution in [0.25, 0.3) is 22.3 Å². The molecule has 0 spiro atoms. The van der Waals surface area contributed by atoms with Crippen LogP contribution < -0.4 is 14.8 Å². The highest BCUT2D eigenvalue weighted by molar-refractivity contribution is 5.89. The molecule has 0 aromatic heterocycles. The maximum atomic E-state index is 10.3. The van der Waals surface area contributed by atoms with E-state index >= 15 is 0 Å². The summed E-state index contributed by atoms with van der Waals surface area (Å²) < 4.78 is 12.1. The fourth-order valence-corrected chi connectivity index (χ4v) is 3.33. The van der Waals surface area contributed by atoms with Gasteiger partial charge in [-0.1, -0.05) is 74.5 Å². The zero-order valence-corrected chi connectivity index (χ0v) is 18.0. The summed E-state index contributed by atoms with van der Waals surface area (Å²) in [5.74, 6) is 1.34. The Hall–Kier alpha value is -2.82. The summed E-state index contributed by atoms with van der Waals surface area (Å²) in [5, 5.41) is 13.5.